The van der Waals surface area contributed by atoms with E-state index in [-0.39, 0.29) is 17.5 Å². The van der Waals surface area contributed by atoms with Crippen molar-refractivity contribution in [1.82, 2.24) is 24.7 Å². The van der Waals surface area contributed by atoms with Crippen molar-refractivity contribution in [2.24, 2.45) is 0 Å². The molecular formula is C29H43N5O2. The lowest BCUT2D eigenvalue weighted by Crippen LogP contribution is -2.62. The van der Waals surface area contributed by atoms with E-state index in [0.717, 1.165) is 62.8 Å². The van der Waals surface area contributed by atoms with Crippen molar-refractivity contribution < 1.29 is 9.53 Å². The summed E-state index contributed by atoms with van der Waals surface area (Å²) in [5.41, 5.74) is 4.94. The highest BCUT2D eigenvalue weighted by atomic mass is 16.5. The molecule has 7 nitrogen and oxygen atoms in total. The van der Waals surface area contributed by atoms with Gasteiger partial charge in [0.2, 0.25) is 0 Å². The monoisotopic (exact) mass is 493 g/mol. The van der Waals surface area contributed by atoms with Crippen LogP contribution in [0.5, 0.6) is 0 Å². The molecule has 0 radical (unpaired) electrons. The SMILES string of the molecule is COC[C@@H](c1ccc(C)cc1)N1CCN(C2(C)CCN(C(=O)c3c(C)nc(C)nc3C)CC2)C[C@@H]1C. The van der Waals surface area contributed by atoms with Gasteiger partial charge < -0.3 is 9.64 Å². The van der Waals surface area contributed by atoms with E-state index < -0.39 is 0 Å². The average Bonchev–Trinajstić information content (AvgIpc) is 2.83. The van der Waals surface area contributed by atoms with E-state index in [0.29, 0.717) is 18.2 Å². The summed E-state index contributed by atoms with van der Waals surface area (Å²) in [4.78, 5) is 29.5. The van der Waals surface area contributed by atoms with Gasteiger partial charge in [-0.15, -0.1) is 0 Å². The minimum Gasteiger partial charge on any atom is -0.383 e. The number of carbonyl (C=O) groups excluding carboxylic acids is 1. The molecular weight excluding hydrogens is 450 g/mol. The lowest BCUT2D eigenvalue weighted by Gasteiger charge is -2.52. The van der Waals surface area contributed by atoms with Crippen LogP contribution in [-0.4, -0.2) is 88.6 Å². The van der Waals surface area contributed by atoms with Gasteiger partial charge in [-0.25, -0.2) is 9.97 Å². The minimum absolute atomic E-state index is 0.0748. The maximum atomic E-state index is 13.3. The molecule has 4 rings (SSSR count). The van der Waals surface area contributed by atoms with E-state index in [1.165, 1.54) is 11.1 Å². The Morgan fingerprint density at radius 3 is 2.19 bits per heavy atom. The first-order chi connectivity index (χ1) is 17.1. The Kier molecular flexibility index (Phi) is 8.12. The average molecular weight is 494 g/mol. The first-order valence-electron chi connectivity index (χ1n) is 13.3. The molecule has 0 spiro atoms. The summed E-state index contributed by atoms with van der Waals surface area (Å²) in [7, 11) is 1.80. The van der Waals surface area contributed by atoms with Gasteiger partial charge in [0, 0.05) is 51.4 Å². The number of piperazine rings is 1. The van der Waals surface area contributed by atoms with Gasteiger partial charge in [0.05, 0.1) is 29.6 Å². The van der Waals surface area contributed by atoms with Crippen LogP contribution in [0.3, 0.4) is 0 Å². The summed E-state index contributed by atoms with van der Waals surface area (Å²) in [6.45, 7) is 17.9. The van der Waals surface area contributed by atoms with Gasteiger partial charge in [0.25, 0.3) is 5.91 Å². The summed E-state index contributed by atoms with van der Waals surface area (Å²) in [6, 6.07) is 9.57. The number of methoxy groups -OCH3 is 1. The summed E-state index contributed by atoms with van der Waals surface area (Å²) in [6.07, 6.45) is 1.96. The number of ether oxygens (including phenoxy) is 1. The molecule has 0 aliphatic carbocycles. The van der Waals surface area contributed by atoms with Gasteiger partial charge >= 0.3 is 0 Å². The predicted molar refractivity (Wildman–Crippen MR) is 143 cm³/mol. The zero-order valence-corrected chi connectivity index (χ0v) is 23.2. The Morgan fingerprint density at radius 2 is 1.64 bits per heavy atom. The van der Waals surface area contributed by atoms with E-state index in [2.05, 4.69) is 64.8 Å². The molecule has 1 aromatic carbocycles. The van der Waals surface area contributed by atoms with Crippen LogP contribution in [0.15, 0.2) is 24.3 Å². The lowest BCUT2D eigenvalue weighted by atomic mass is 9.86. The number of aryl methyl sites for hydroxylation is 4. The van der Waals surface area contributed by atoms with Crippen molar-refractivity contribution >= 4 is 5.91 Å². The number of aromatic nitrogens is 2. The van der Waals surface area contributed by atoms with E-state index in [9.17, 15) is 4.79 Å². The molecule has 2 aliphatic rings. The maximum absolute atomic E-state index is 13.3. The van der Waals surface area contributed by atoms with Crippen molar-refractivity contribution in [3.05, 3.63) is 58.2 Å². The van der Waals surface area contributed by atoms with Gasteiger partial charge in [0.15, 0.2) is 0 Å². The molecule has 2 aliphatic heterocycles. The van der Waals surface area contributed by atoms with E-state index in [1.54, 1.807) is 7.11 Å². The molecule has 1 amide bonds. The van der Waals surface area contributed by atoms with Crippen LogP contribution < -0.4 is 0 Å². The minimum atomic E-state index is 0.0748. The topological polar surface area (TPSA) is 61.8 Å². The number of rotatable bonds is 6. The number of hydrogen-bond donors (Lipinski definition) is 0. The summed E-state index contributed by atoms with van der Waals surface area (Å²) in [5, 5.41) is 0. The van der Waals surface area contributed by atoms with E-state index in [4.69, 9.17) is 4.74 Å². The molecule has 2 atom stereocenters. The van der Waals surface area contributed by atoms with Crippen LogP contribution in [0.4, 0.5) is 0 Å². The molecule has 1 aromatic heterocycles. The van der Waals surface area contributed by atoms with Crippen LogP contribution in [0, 0.1) is 27.7 Å². The van der Waals surface area contributed by atoms with Gasteiger partial charge in [0.1, 0.15) is 5.82 Å². The Labute approximate surface area is 216 Å². The Bertz CT molecular complexity index is 1040. The van der Waals surface area contributed by atoms with Gasteiger partial charge in [-0.1, -0.05) is 29.8 Å². The molecule has 7 heteroatoms. The Hall–Kier alpha value is -2.35. The fourth-order valence-corrected chi connectivity index (χ4v) is 6.11. The third-order valence-electron chi connectivity index (χ3n) is 8.35. The van der Waals surface area contributed by atoms with Crippen LogP contribution >= 0.6 is 0 Å². The van der Waals surface area contributed by atoms with Gasteiger partial charge in [-0.3, -0.25) is 14.6 Å². The molecule has 0 bridgehead atoms. The molecule has 0 N–H and O–H groups in total. The molecule has 36 heavy (non-hydrogen) atoms. The van der Waals surface area contributed by atoms with Crippen LogP contribution in [0.2, 0.25) is 0 Å². The number of benzene rings is 1. The Balaban J connectivity index is 1.40. The smallest absolute Gasteiger partial charge is 0.257 e. The molecule has 2 aromatic rings. The van der Waals surface area contributed by atoms with Crippen LogP contribution in [0.1, 0.15) is 71.4 Å². The van der Waals surface area contributed by atoms with E-state index in [1.807, 2.05) is 25.7 Å². The molecule has 2 saturated heterocycles. The predicted octanol–water partition coefficient (Wildman–Crippen LogP) is 4.10. The Morgan fingerprint density at radius 1 is 1.03 bits per heavy atom. The number of nitrogens with zero attached hydrogens (tertiary/aromatic N) is 5. The molecule has 0 saturated carbocycles. The van der Waals surface area contributed by atoms with Crippen molar-refractivity contribution in [3.8, 4) is 0 Å². The first kappa shape index (κ1) is 26.7. The zero-order chi connectivity index (χ0) is 26.0. The van der Waals surface area contributed by atoms with Crippen LogP contribution in [0.25, 0.3) is 0 Å². The number of hydrogen-bond acceptors (Lipinski definition) is 6. The largest absolute Gasteiger partial charge is 0.383 e. The molecule has 2 fully saturated rings. The first-order valence-corrected chi connectivity index (χ1v) is 13.3. The fourth-order valence-electron chi connectivity index (χ4n) is 6.11. The fraction of sp³-hybridized carbons (Fsp3) is 0.621. The van der Waals surface area contributed by atoms with Crippen molar-refractivity contribution in [3.63, 3.8) is 0 Å². The number of likely N-dealkylation sites (tertiary alicyclic amines) is 1. The van der Waals surface area contributed by atoms with Crippen LogP contribution in [-0.2, 0) is 4.74 Å². The lowest BCUT2D eigenvalue weighted by molar-refractivity contribution is -0.0406. The standard InChI is InChI=1S/C29H43N5O2/c1-20-8-10-25(11-9-20)26(19-36-7)34-17-16-33(18-21(34)2)29(6)12-14-32(15-13-29)28(35)27-22(3)30-24(5)31-23(27)4/h8-11,21,26H,12-19H2,1-7H3/t21-,26-/m0/s1. The second-order valence-electron chi connectivity index (χ2n) is 11.0. The highest BCUT2D eigenvalue weighted by Gasteiger charge is 2.41. The summed E-state index contributed by atoms with van der Waals surface area (Å²) < 4.78 is 5.65. The third-order valence-corrected chi connectivity index (χ3v) is 8.35. The number of carbonyl (C=O) groups is 1. The second-order valence-corrected chi connectivity index (χ2v) is 11.0. The zero-order valence-electron chi connectivity index (χ0n) is 23.2. The maximum Gasteiger partial charge on any atom is 0.257 e. The van der Waals surface area contributed by atoms with Gasteiger partial charge in [-0.2, -0.15) is 0 Å². The van der Waals surface area contributed by atoms with Gasteiger partial charge in [-0.05, 0) is 59.9 Å². The second kappa shape index (κ2) is 11.0. The van der Waals surface area contributed by atoms with Crippen molar-refractivity contribution in [2.45, 2.75) is 72.0 Å². The number of piperidine rings is 1. The summed E-state index contributed by atoms with van der Waals surface area (Å²) >= 11 is 0. The highest BCUT2D eigenvalue weighted by molar-refractivity contribution is 5.96. The summed E-state index contributed by atoms with van der Waals surface area (Å²) in [5.74, 6) is 0.793. The quantitative estimate of drug-likeness (QED) is 0.604. The van der Waals surface area contributed by atoms with E-state index >= 15 is 0 Å². The highest BCUT2D eigenvalue weighted by Crippen LogP contribution is 2.34. The normalized spacial score (nSPS) is 22.0. The third kappa shape index (κ3) is 5.48. The molecule has 3 heterocycles. The molecule has 196 valence electrons. The number of amides is 1. The molecule has 0 unspecified atom stereocenters. The van der Waals surface area contributed by atoms with Crippen molar-refractivity contribution in [1.29, 1.82) is 0 Å². The van der Waals surface area contributed by atoms with Crippen molar-refractivity contribution in [2.75, 3.05) is 46.4 Å².